The van der Waals surface area contributed by atoms with Crippen LogP contribution in [0.15, 0.2) is 22.7 Å². The Labute approximate surface area is 164 Å². The highest BCUT2D eigenvalue weighted by Gasteiger charge is 2.65. The van der Waals surface area contributed by atoms with E-state index in [1.807, 2.05) is 6.92 Å². The zero-order chi connectivity index (χ0) is 19.9. The van der Waals surface area contributed by atoms with Crippen molar-refractivity contribution >= 4 is 5.78 Å². The molecule has 5 rings (SSSR count). The molecule has 3 saturated carbocycles. The van der Waals surface area contributed by atoms with Crippen LogP contribution in [-0.2, 0) is 14.3 Å². The number of hydrogen-bond acceptors (Lipinski definition) is 3. The van der Waals surface area contributed by atoms with Crippen molar-refractivity contribution in [1.82, 2.24) is 0 Å². The van der Waals surface area contributed by atoms with Crippen LogP contribution in [0.4, 0.5) is 0 Å². The predicted octanol–water partition coefficient (Wildman–Crippen LogP) is 5.66. The van der Waals surface area contributed by atoms with Crippen LogP contribution in [0, 0.1) is 34.5 Å². The number of ketones is 1. The Morgan fingerprint density at radius 1 is 1.19 bits per heavy atom. The fraction of sp³-hybridized carbons (Fsp3) is 0.792. The van der Waals surface area contributed by atoms with E-state index in [4.69, 9.17) is 9.47 Å². The summed E-state index contributed by atoms with van der Waals surface area (Å²) < 4.78 is 12.7. The molecule has 0 saturated heterocycles. The largest absolute Gasteiger partial charge is 0.500 e. The van der Waals surface area contributed by atoms with Gasteiger partial charge in [-0.15, -0.1) is 0 Å². The lowest BCUT2D eigenvalue weighted by Crippen LogP contribution is -2.64. The van der Waals surface area contributed by atoms with Gasteiger partial charge in [0.15, 0.2) is 5.78 Å². The first kappa shape index (κ1) is 19.1. The van der Waals surface area contributed by atoms with Gasteiger partial charge in [0, 0.05) is 17.1 Å². The molecule has 0 N–H and O–H groups in total. The zero-order valence-corrected chi connectivity index (χ0v) is 18.4. The van der Waals surface area contributed by atoms with Crippen LogP contribution in [0.2, 0.25) is 0 Å². The van der Waals surface area contributed by atoms with Gasteiger partial charge >= 0.3 is 0 Å². The summed E-state index contributed by atoms with van der Waals surface area (Å²) in [4.78, 5) is 13.3. The molecule has 4 atom stereocenters. The molecule has 5 aliphatic rings. The minimum atomic E-state index is -0.395. The number of methoxy groups -OCH3 is 1. The fourth-order valence-electron chi connectivity index (χ4n) is 6.89. The summed E-state index contributed by atoms with van der Waals surface area (Å²) in [6.45, 7) is 15.6. The maximum absolute atomic E-state index is 13.3. The van der Waals surface area contributed by atoms with E-state index in [9.17, 15) is 4.79 Å². The third-order valence-corrected chi connectivity index (χ3v) is 8.58. The second kappa shape index (κ2) is 5.64. The molecule has 3 fully saturated rings. The Balaban J connectivity index is 1.86. The number of carbonyl (C=O) groups excluding carboxylic acids is 1. The van der Waals surface area contributed by atoms with Crippen molar-refractivity contribution in [1.29, 1.82) is 0 Å². The highest BCUT2D eigenvalue weighted by Crippen LogP contribution is 2.68. The number of Topliss-reactive ketones (excluding diaryl/α,β-unsaturated/α-hetero) is 1. The van der Waals surface area contributed by atoms with Crippen LogP contribution < -0.4 is 0 Å². The second-order valence-electron chi connectivity index (χ2n) is 10.9. The topological polar surface area (TPSA) is 35.5 Å². The maximum atomic E-state index is 13.3. The molecule has 3 nitrogen and oxygen atoms in total. The molecule has 1 aliphatic heterocycles. The number of carbonyl (C=O) groups is 1. The molecule has 27 heavy (non-hydrogen) atoms. The summed E-state index contributed by atoms with van der Waals surface area (Å²) >= 11 is 0. The monoisotopic (exact) mass is 372 g/mol. The highest BCUT2D eigenvalue weighted by molar-refractivity contribution is 6.10. The van der Waals surface area contributed by atoms with Crippen molar-refractivity contribution in [2.45, 2.75) is 79.8 Å². The minimum Gasteiger partial charge on any atom is -0.500 e. The van der Waals surface area contributed by atoms with Gasteiger partial charge in [0.1, 0.15) is 17.1 Å². The van der Waals surface area contributed by atoms with E-state index in [0.29, 0.717) is 17.3 Å². The summed E-state index contributed by atoms with van der Waals surface area (Å²) in [7, 11) is 1.68. The Bertz CT molecular complexity index is 750. The minimum absolute atomic E-state index is 0.117. The fourth-order valence-corrected chi connectivity index (χ4v) is 6.89. The van der Waals surface area contributed by atoms with Gasteiger partial charge < -0.3 is 9.47 Å². The lowest BCUT2D eigenvalue weighted by Gasteiger charge is -2.67. The maximum Gasteiger partial charge on any atom is 0.191 e. The molecule has 0 amide bonds. The Morgan fingerprint density at radius 3 is 2.37 bits per heavy atom. The number of hydrogen-bond donors (Lipinski definition) is 0. The molecule has 2 bridgehead atoms. The molecule has 0 aromatic carbocycles. The van der Waals surface area contributed by atoms with Crippen molar-refractivity contribution in [2.24, 2.45) is 34.5 Å². The number of allylic oxidation sites excluding steroid dienone is 2. The summed E-state index contributed by atoms with van der Waals surface area (Å²) in [5.41, 5.74) is 1.51. The van der Waals surface area contributed by atoms with E-state index >= 15 is 0 Å². The molecule has 1 spiro atoms. The molecular formula is C24H36O3. The summed E-state index contributed by atoms with van der Waals surface area (Å²) in [5.74, 6) is 3.92. The van der Waals surface area contributed by atoms with Crippen LogP contribution in [0.5, 0.6) is 0 Å². The van der Waals surface area contributed by atoms with Gasteiger partial charge in [0.2, 0.25) is 0 Å². The third-order valence-electron chi connectivity index (χ3n) is 8.58. The van der Waals surface area contributed by atoms with Crippen LogP contribution in [0.3, 0.4) is 0 Å². The van der Waals surface area contributed by atoms with E-state index in [-0.39, 0.29) is 17.3 Å². The van der Waals surface area contributed by atoms with Crippen molar-refractivity contribution < 1.29 is 14.3 Å². The molecule has 4 aliphatic carbocycles. The van der Waals surface area contributed by atoms with E-state index < -0.39 is 5.41 Å². The zero-order valence-electron chi connectivity index (χ0n) is 18.4. The first-order chi connectivity index (χ1) is 12.5. The van der Waals surface area contributed by atoms with Gasteiger partial charge in [-0.3, -0.25) is 4.79 Å². The lowest BCUT2D eigenvalue weighted by atomic mass is 9.42. The van der Waals surface area contributed by atoms with Crippen LogP contribution in [-0.4, -0.2) is 18.5 Å². The van der Waals surface area contributed by atoms with Gasteiger partial charge in [-0.05, 0) is 69.6 Å². The first-order valence-electron chi connectivity index (χ1n) is 10.7. The van der Waals surface area contributed by atoms with Crippen LogP contribution >= 0.6 is 0 Å². The average molecular weight is 373 g/mol. The lowest BCUT2D eigenvalue weighted by molar-refractivity contribution is -0.230. The van der Waals surface area contributed by atoms with Crippen LogP contribution in [0.1, 0.15) is 74.1 Å². The molecule has 1 unspecified atom stereocenters. The molecule has 0 aromatic rings. The number of ether oxygens (including phenoxy) is 2. The Morgan fingerprint density at radius 2 is 1.85 bits per heavy atom. The number of rotatable bonds is 2. The quantitative estimate of drug-likeness (QED) is 0.627. The van der Waals surface area contributed by atoms with Gasteiger partial charge in [-0.2, -0.15) is 0 Å². The van der Waals surface area contributed by atoms with E-state index in [2.05, 4.69) is 41.5 Å². The molecule has 150 valence electrons. The Hall–Kier alpha value is -1.25. The standard InChI is InChI=1S/C24H36O3/c1-13(2)16-12-24(10-9-15-11-17(24)22(15,4)5)27-21-18(16)19(25)14(3)20(26-8)23(21,6)7/h13,15-17H,9-12H2,1-8H3/t15-,16?,17+,24+/m0/s1. The van der Waals surface area contributed by atoms with Gasteiger partial charge in [0.05, 0.1) is 12.5 Å². The van der Waals surface area contributed by atoms with Crippen LogP contribution in [0.25, 0.3) is 0 Å². The SMILES string of the molecule is COC1=C(C)C(=O)C2=C(O[C@]3(CC[C@H]4C[C@@H]3C4(C)C)CC2C(C)C)C1(C)C. The summed E-state index contributed by atoms with van der Waals surface area (Å²) in [6, 6.07) is 0. The summed E-state index contributed by atoms with van der Waals surface area (Å²) in [6.07, 6.45) is 4.64. The summed E-state index contributed by atoms with van der Waals surface area (Å²) in [5, 5.41) is 0. The van der Waals surface area contributed by atoms with E-state index in [1.54, 1.807) is 7.11 Å². The van der Waals surface area contributed by atoms with Gasteiger partial charge in [-0.1, -0.05) is 27.7 Å². The van der Waals surface area contributed by atoms with Crippen molar-refractivity contribution in [2.75, 3.05) is 7.11 Å². The highest BCUT2D eigenvalue weighted by atomic mass is 16.5. The predicted molar refractivity (Wildman–Crippen MR) is 107 cm³/mol. The van der Waals surface area contributed by atoms with Crippen molar-refractivity contribution in [3.05, 3.63) is 22.7 Å². The van der Waals surface area contributed by atoms with Crippen molar-refractivity contribution in [3.8, 4) is 0 Å². The first-order valence-corrected chi connectivity index (χ1v) is 10.7. The molecule has 1 heterocycles. The second-order valence-corrected chi connectivity index (χ2v) is 10.9. The normalized spacial score (nSPS) is 39.3. The number of fused-ring (bicyclic) bond motifs is 1. The molecule has 0 aromatic heterocycles. The van der Waals surface area contributed by atoms with Crippen molar-refractivity contribution in [3.63, 3.8) is 0 Å². The third kappa shape index (κ3) is 2.29. The molecule has 3 heteroatoms. The molecular weight excluding hydrogens is 336 g/mol. The average Bonchev–Trinajstić information content (AvgIpc) is 2.59. The Kier molecular flexibility index (Phi) is 3.99. The molecule has 0 radical (unpaired) electrons. The van der Waals surface area contributed by atoms with E-state index in [1.165, 1.54) is 12.8 Å². The van der Waals surface area contributed by atoms with Gasteiger partial charge in [-0.25, -0.2) is 0 Å². The smallest absolute Gasteiger partial charge is 0.191 e. The van der Waals surface area contributed by atoms with E-state index in [0.717, 1.165) is 41.4 Å². The van der Waals surface area contributed by atoms with Gasteiger partial charge in [0.25, 0.3) is 0 Å².